The fraction of sp³-hybridized carbons (Fsp3) is 0.278. The Kier molecular flexibility index (Phi) is 5.78. The van der Waals surface area contributed by atoms with Gasteiger partial charge in [-0.3, -0.25) is 9.89 Å². The monoisotopic (exact) mass is 393 g/mol. The number of amides is 1. The van der Waals surface area contributed by atoms with Crippen molar-refractivity contribution in [2.45, 2.75) is 26.7 Å². The van der Waals surface area contributed by atoms with Crippen molar-refractivity contribution < 1.29 is 4.79 Å². The van der Waals surface area contributed by atoms with Crippen LogP contribution in [0.5, 0.6) is 0 Å². The maximum Gasteiger partial charge on any atom is 0.259 e. The molecule has 0 aliphatic carbocycles. The summed E-state index contributed by atoms with van der Waals surface area (Å²) in [5.41, 5.74) is 11.7. The molecule has 8 heteroatoms. The zero-order valence-electron chi connectivity index (χ0n) is 14.6. The van der Waals surface area contributed by atoms with E-state index in [1.807, 2.05) is 43.0 Å². The molecule has 138 valence electrons. The van der Waals surface area contributed by atoms with E-state index >= 15 is 0 Å². The molecular formula is C18H21Cl2N5O. The van der Waals surface area contributed by atoms with Crippen molar-refractivity contribution in [2.75, 3.05) is 17.2 Å². The number of anilines is 2. The highest BCUT2D eigenvalue weighted by atomic mass is 35.5. The summed E-state index contributed by atoms with van der Waals surface area (Å²) in [5.74, 6) is -0.0263. The Hall–Kier alpha value is -2.31. The predicted octanol–water partition coefficient (Wildman–Crippen LogP) is 3.59. The molecule has 1 aliphatic rings. The number of nitrogens with one attached hydrogen (secondary N) is 1. The molecule has 4 rings (SSSR count). The quantitative estimate of drug-likeness (QED) is 0.618. The summed E-state index contributed by atoms with van der Waals surface area (Å²) in [6, 6.07) is 7.60. The molecular weight excluding hydrogens is 373 g/mol. The van der Waals surface area contributed by atoms with Crippen LogP contribution in [0.15, 0.2) is 24.3 Å². The van der Waals surface area contributed by atoms with Crippen molar-refractivity contribution in [3.63, 3.8) is 0 Å². The topological polar surface area (TPSA) is 87.9 Å². The first-order valence-corrected chi connectivity index (χ1v) is 8.08. The minimum absolute atomic E-state index is 0. The van der Waals surface area contributed by atoms with Gasteiger partial charge in [0, 0.05) is 29.3 Å². The molecule has 2 aromatic heterocycles. The summed E-state index contributed by atoms with van der Waals surface area (Å²) in [5, 5.41) is 7.92. The lowest BCUT2D eigenvalue weighted by Gasteiger charge is -2.30. The van der Waals surface area contributed by atoms with Gasteiger partial charge >= 0.3 is 0 Å². The molecule has 3 N–H and O–H groups in total. The van der Waals surface area contributed by atoms with Gasteiger partial charge in [0.1, 0.15) is 0 Å². The summed E-state index contributed by atoms with van der Waals surface area (Å²) >= 11 is 0. The molecule has 1 amide bonds. The average Bonchev–Trinajstić information content (AvgIpc) is 2.94. The molecule has 6 nitrogen and oxygen atoms in total. The Morgan fingerprint density at radius 1 is 1.27 bits per heavy atom. The number of carbonyl (C=O) groups is 1. The molecule has 26 heavy (non-hydrogen) atoms. The van der Waals surface area contributed by atoms with E-state index in [4.69, 9.17) is 5.73 Å². The zero-order chi connectivity index (χ0) is 16.8. The standard InChI is InChI=1S/C18H19N5O.2ClH/c1-10-9-13(16-11(2)21-22-17(16)20-10)18(24)23-8-4-5-12-14(19)6-3-7-15(12)23;;/h3,6-7,9H,4-5,8,19H2,1-2H3,(H,20,21,22);2*1H. The van der Waals surface area contributed by atoms with Gasteiger partial charge in [-0.05, 0) is 50.5 Å². The van der Waals surface area contributed by atoms with Crippen LogP contribution < -0.4 is 10.6 Å². The van der Waals surface area contributed by atoms with Crippen LogP contribution in [0, 0.1) is 13.8 Å². The number of aromatic amines is 1. The van der Waals surface area contributed by atoms with Gasteiger partial charge in [0.05, 0.1) is 10.9 Å². The molecule has 3 heterocycles. The first-order chi connectivity index (χ1) is 11.6. The Balaban J connectivity index is 0.00000121. The molecule has 0 spiro atoms. The molecule has 0 fully saturated rings. The molecule has 0 atom stereocenters. The summed E-state index contributed by atoms with van der Waals surface area (Å²) < 4.78 is 0. The third kappa shape index (κ3) is 3.10. The predicted molar refractivity (Wildman–Crippen MR) is 109 cm³/mol. The Labute approximate surface area is 164 Å². The van der Waals surface area contributed by atoms with E-state index in [0.29, 0.717) is 17.8 Å². The minimum atomic E-state index is -0.0263. The summed E-state index contributed by atoms with van der Waals surface area (Å²) in [4.78, 5) is 19.5. The van der Waals surface area contributed by atoms with Crippen molar-refractivity contribution in [1.82, 2.24) is 15.2 Å². The lowest BCUT2D eigenvalue weighted by Crippen LogP contribution is -2.36. The lowest BCUT2D eigenvalue weighted by molar-refractivity contribution is 0.0986. The summed E-state index contributed by atoms with van der Waals surface area (Å²) in [6.07, 6.45) is 1.81. The number of aromatic nitrogens is 3. The van der Waals surface area contributed by atoms with Gasteiger partial charge in [0.2, 0.25) is 0 Å². The first-order valence-electron chi connectivity index (χ1n) is 8.08. The van der Waals surface area contributed by atoms with E-state index < -0.39 is 0 Å². The number of benzene rings is 1. The van der Waals surface area contributed by atoms with Crippen LogP contribution in [-0.2, 0) is 6.42 Å². The average molecular weight is 394 g/mol. The fourth-order valence-electron chi connectivity index (χ4n) is 3.48. The number of hydrogen-bond donors (Lipinski definition) is 2. The molecule has 0 bridgehead atoms. The third-order valence-corrected chi connectivity index (χ3v) is 4.60. The van der Waals surface area contributed by atoms with Crippen LogP contribution in [0.3, 0.4) is 0 Å². The number of nitrogen functional groups attached to an aromatic ring is 1. The number of aryl methyl sites for hydroxylation is 2. The summed E-state index contributed by atoms with van der Waals surface area (Å²) in [7, 11) is 0. The van der Waals surface area contributed by atoms with Crippen molar-refractivity contribution in [1.29, 1.82) is 0 Å². The third-order valence-electron chi connectivity index (χ3n) is 4.60. The van der Waals surface area contributed by atoms with Crippen LogP contribution in [0.2, 0.25) is 0 Å². The molecule has 0 unspecified atom stereocenters. The van der Waals surface area contributed by atoms with Gasteiger partial charge in [-0.1, -0.05) is 6.07 Å². The van der Waals surface area contributed by atoms with Gasteiger partial charge in [0.25, 0.3) is 5.91 Å². The highest BCUT2D eigenvalue weighted by molar-refractivity contribution is 6.14. The van der Waals surface area contributed by atoms with E-state index in [9.17, 15) is 4.79 Å². The Morgan fingerprint density at radius 3 is 2.81 bits per heavy atom. The largest absolute Gasteiger partial charge is 0.398 e. The molecule has 1 aliphatic heterocycles. The highest BCUT2D eigenvalue weighted by Crippen LogP contribution is 2.33. The Bertz CT molecular complexity index is 970. The highest BCUT2D eigenvalue weighted by Gasteiger charge is 2.27. The van der Waals surface area contributed by atoms with Crippen molar-refractivity contribution >= 4 is 53.1 Å². The molecule has 3 aromatic rings. The number of hydrogen-bond acceptors (Lipinski definition) is 4. The van der Waals surface area contributed by atoms with Crippen LogP contribution in [0.4, 0.5) is 11.4 Å². The smallest absolute Gasteiger partial charge is 0.259 e. The van der Waals surface area contributed by atoms with E-state index in [1.54, 1.807) is 0 Å². The second kappa shape index (κ2) is 7.51. The number of fused-ring (bicyclic) bond motifs is 2. The van der Waals surface area contributed by atoms with Gasteiger partial charge < -0.3 is 10.6 Å². The SMILES string of the molecule is Cc1cc(C(=O)N2CCCc3c(N)cccc32)c2c(C)[nH]nc2n1.Cl.Cl. The number of carbonyl (C=O) groups excluding carboxylic acids is 1. The van der Waals surface area contributed by atoms with Crippen LogP contribution in [0.1, 0.15) is 33.7 Å². The van der Waals surface area contributed by atoms with Crippen LogP contribution in [-0.4, -0.2) is 27.6 Å². The van der Waals surface area contributed by atoms with E-state index in [2.05, 4.69) is 15.2 Å². The number of H-pyrrole nitrogens is 1. The molecule has 0 saturated heterocycles. The normalized spacial score (nSPS) is 12.9. The maximum absolute atomic E-state index is 13.3. The summed E-state index contributed by atoms with van der Waals surface area (Å²) in [6.45, 7) is 4.47. The van der Waals surface area contributed by atoms with Crippen molar-refractivity contribution in [2.24, 2.45) is 0 Å². The number of pyridine rings is 1. The number of rotatable bonds is 1. The van der Waals surface area contributed by atoms with Gasteiger partial charge in [0.15, 0.2) is 5.65 Å². The molecule has 0 radical (unpaired) electrons. The van der Waals surface area contributed by atoms with Gasteiger partial charge in [-0.2, -0.15) is 5.10 Å². The maximum atomic E-state index is 13.3. The second-order valence-corrected chi connectivity index (χ2v) is 6.26. The van der Waals surface area contributed by atoms with Crippen molar-refractivity contribution in [3.8, 4) is 0 Å². The molecule has 0 saturated carbocycles. The fourth-order valence-corrected chi connectivity index (χ4v) is 3.48. The zero-order valence-corrected chi connectivity index (χ0v) is 16.2. The molecule has 1 aromatic carbocycles. The Morgan fingerprint density at radius 2 is 2.04 bits per heavy atom. The van der Waals surface area contributed by atoms with E-state index in [1.165, 1.54) is 0 Å². The number of nitrogens with two attached hydrogens (primary N) is 1. The lowest BCUT2D eigenvalue weighted by atomic mass is 9.98. The van der Waals surface area contributed by atoms with Gasteiger partial charge in [-0.15, -0.1) is 24.8 Å². The number of nitrogens with zero attached hydrogens (tertiary/aromatic N) is 3. The number of halogens is 2. The van der Waals surface area contributed by atoms with Crippen LogP contribution in [0.25, 0.3) is 11.0 Å². The van der Waals surface area contributed by atoms with Gasteiger partial charge in [-0.25, -0.2) is 4.98 Å². The van der Waals surface area contributed by atoms with Crippen LogP contribution >= 0.6 is 24.8 Å². The second-order valence-electron chi connectivity index (χ2n) is 6.26. The van der Waals surface area contributed by atoms with Crippen molar-refractivity contribution in [3.05, 3.63) is 46.8 Å². The van der Waals surface area contributed by atoms with E-state index in [-0.39, 0.29) is 30.7 Å². The first kappa shape index (κ1) is 20.0. The van der Waals surface area contributed by atoms with E-state index in [0.717, 1.165) is 46.6 Å². The minimum Gasteiger partial charge on any atom is -0.398 e.